The molecule has 0 spiro atoms. The zero-order valence-electron chi connectivity index (χ0n) is 17.4. The molecule has 1 atom stereocenters. The molecule has 0 amide bonds. The Morgan fingerprint density at radius 3 is 2.52 bits per heavy atom. The van der Waals surface area contributed by atoms with Gasteiger partial charge in [0, 0.05) is 6.54 Å². The second-order valence-electron chi connectivity index (χ2n) is 7.17. The predicted octanol–water partition coefficient (Wildman–Crippen LogP) is 6.42. The number of hydrogen-bond donors (Lipinski definition) is 1. The Labute approximate surface area is 177 Å². The number of benzene rings is 2. The van der Waals surface area contributed by atoms with Gasteiger partial charge in [-0.15, -0.1) is 0 Å². The number of halogens is 1. The first-order chi connectivity index (χ1) is 14.0. The summed E-state index contributed by atoms with van der Waals surface area (Å²) >= 11 is 6.28. The molecule has 0 bridgehead atoms. The molecular formula is C24H27ClN4. The van der Waals surface area contributed by atoms with E-state index in [-0.39, 0.29) is 11.3 Å². The van der Waals surface area contributed by atoms with Gasteiger partial charge in [-0.2, -0.15) is 0 Å². The minimum Gasteiger partial charge on any atom is -0.361 e. The molecule has 3 rings (SSSR count). The molecule has 0 saturated carbocycles. The van der Waals surface area contributed by atoms with Crippen molar-refractivity contribution in [1.29, 1.82) is 0 Å². The van der Waals surface area contributed by atoms with Crippen LogP contribution in [0.3, 0.4) is 0 Å². The topological polar surface area (TPSA) is 50.2 Å². The maximum absolute atomic E-state index is 6.28. The number of nitrogens with one attached hydrogen (secondary N) is 1. The van der Waals surface area contributed by atoms with Gasteiger partial charge < -0.3 is 5.32 Å². The molecule has 3 aromatic rings. The van der Waals surface area contributed by atoms with E-state index in [1.165, 1.54) is 0 Å². The van der Waals surface area contributed by atoms with Crippen LogP contribution in [0, 0.1) is 5.92 Å². The second-order valence-corrected chi connectivity index (χ2v) is 7.51. The van der Waals surface area contributed by atoms with Gasteiger partial charge in [0.05, 0.1) is 22.7 Å². The van der Waals surface area contributed by atoms with Crippen molar-refractivity contribution in [3.05, 3.63) is 66.0 Å². The number of hydrogen-bond acceptors (Lipinski definition) is 4. The summed E-state index contributed by atoms with van der Waals surface area (Å²) in [5.74, 6) is 1.04. The van der Waals surface area contributed by atoms with Crippen LogP contribution in [0.15, 0.2) is 65.7 Å². The molecule has 0 fully saturated rings. The van der Waals surface area contributed by atoms with Crippen LogP contribution in [0.1, 0.15) is 27.7 Å². The lowest BCUT2D eigenvalue weighted by atomic mass is 9.97. The zero-order valence-corrected chi connectivity index (χ0v) is 18.1. The third-order valence-electron chi connectivity index (χ3n) is 4.74. The normalized spacial score (nSPS) is 13.4. The van der Waals surface area contributed by atoms with Crippen molar-refractivity contribution >= 4 is 34.0 Å². The number of aliphatic imine (C=N–C) groups is 1. The van der Waals surface area contributed by atoms with E-state index >= 15 is 0 Å². The third kappa shape index (κ3) is 4.83. The van der Waals surface area contributed by atoms with Crippen molar-refractivity contribution in [2.75, 3.05) is 11.9 Å². The minimum absolute atomic E-state index is 0.00384. The number of rotatable bonds is 7. The first-order valence-electron chi connectivity index (χ1n) is 10.00. The van der Waals surface area contributed by atoms with Crippen LogP contribution >= 0.6 is 11.6 Å². The molecule has 1 aromatic heterocycles. The van der Waals surface area contributed by atoms with Gasteiger partial charge in [-0.25, -0.2) is 9.97 Å². The molecule has 1 N–H and O–H groups in total. The number of allylic oxidation sites excluding steroid dienone is 1. The van der Waals surface area contributed by atoms with E-state index in [1.807, 2.05) is 50.3 Å². The lowest BCUT2D eigenvalue weighted by Gasteiger charge is -2.25. The molecule has 1 heterocycles. The van der Waals surface area contributed by atoms with E-state index in [0.717, 1.165) is 40.1 Å². The van der Waals surface area contributed by atoms with Crippen molar-refractivity contribution in [2.24, 2.45) is 10.9 Å². The molecular weight excluding hydrogens is 380 g/mol. The van der Waals surface area contributed by atoms with E-state index in [1.54, 1.807) is 0 Å². The van der Waals surface area contributed by atoms with Crippen LogP contribution < -0.4 is 5.32 Å². The molecule has 4 nitrogen and oxygen atoms in total. The number of fused-ring (bicyclic) bond motifs is 1. The average molecular weight is 407 g/mol. The lowest BCUT2D eigenvalue weighted by molar-refractivity contribution is 0.622. The number of aromatic nitrogens is 2. The van der Waals surface area contributed by atoms with Crippen molar-refractivity contribution in [3.63, 3.8) is 0 Å². The summed E-state index contributed by atoms with van der Waals surface area (Å²) in [6, 6.07) is 16.3. The summed E-state index contributed by atoms with van der Waals surface area (Å²) in [7, 11) is 0. The molecule has 0 aliphatic carbocycles. The molecule has 0 saturated heterocycles. The first kappa shape index (κ1) is 21.0. The molecule has 5 heteroatoms. The highest BCUT2D eigenvalue weighted by Crippen LogP contribution is 2.33. The van der Waals surface area contributed by atoms with E-state index in [0.29, 0.717) is 5.92 Å². The van der Waals surface area contributed by atoms with Crippen molar-refractivity contribution < 1.29 is 0 Å². The predicted molar refractivity (Wildman–Crippen MR) is 125 cm³/mol. The van der Waals surface area contributed by atoms with E-state index in [9.17, 15) is 0 Å². The van der Waals surface area contributed by atoms with Gasteiger partial charge in [-0.05, 0) is 54.6 Å². The van der Waals surface area contributed by atoms with Crippen molar-refractivity contribution in [2.45, 2.75) is 33.7 Å². The Morgan fingerprint density at radius 2 is 1.86 bits per heavy atom. The Balaban J connectivity index is 2.19. The van der Waals surface area contributed by atoms with Crippen LogP contribution in [0.5, 0.6) is 0 Å². The Hall–Kier alpha value is -2.72. The van der Waals surface area contributed by atoms with Gasteiger partial charge in [-0.3, -0.25) is 4.99 Å². The standard InChI is InChI=1S/C24H27ClN4/c1-5-11-20(26-6-2)22(16(3)4)28-23-21-18(17-12-8-7-9-13-17)14-10-15-19(21)27-24(25)29-23/h5,7-16,22H,6H2,1-4H3,(H,27,28,29)/b11-5-,26-20?. The third-order valence-corrected chi connectivity index (χ3v) is 4.91. The molecule has 2 aromatic carbocycles. The molecule has 0 aliphatic heterocycles. The van der Waals surface area contributed by atoms with E-state index < -0.39 is 0 Å². The fourth-order valence-electron chi connectivity index (χ4n) is 3.45. The SMILES string of the molecule is C/C=C\C(=NCC)C(Nc1nc(Cl)nc2cccc(-c3ccccc3)c12)C(C)C. The fraction of sp³-hybridized carbons (Fsp3) is 0.292. The highest BCUT2D eigenvalue weighted by molar-refractivity contribution is 6.29. The van der Waals surface area contributed by atoms with Crippen LogP contribution in [0.4, 0.5) is 5.82 Å². The molecule has 29 heavy (non-hydrogen) atoms. The smallest absolute Gasteiger partial charge is 0.224 e. The van der Waals surface area contributed by atoms with Gasteiger partial charge in [0.25, 0.3) is 0 Å². The van der Waals surface area contributed by atoms with Gasteiger partial charge in [0.2, 0.25) is 5.28 Å². The monoisotopic (exact) mass is 406 g/mol. The fourth-order valence-corrected chi connectivity index (χ4v) is 3.63. The quantitative estimate of drug-likeness (QED) is 0.363. The number of anilines is 1. The van der Waals surface area contributed by atoms with Crippen molar-refractivity contribution in [1.82, 2.24) is 9.97 Å². The molecule has 0 aliphatic rings. The average Bonchev–Trinajstić information content (AvgIpc) is 2.71. The largest absolute Gasteiger partial charge is 0.361 e. The van der Waals surface area contributed by atoms with Crippen LogP contribution in [-0.2, 0) is 0 Å². The highest BCUT2D eigenvalue weighted by atomic mass is 35.5. The second kappa shape index (κ2) is 9.66. The summed E-state index contributed by atoms with van der Waals surface area (Å²) in [6.07, 6.45) is 4.08. The molecule has 150 valence electrons. The zero-order chi connectivity index (χ0) is 20.8. The van der Waals surface area contributed by atoms with Gasteiger partial charge >= 0.3 is 0 Å². The minimum atomic E-state index is 0.00384. The lowest BCUT2D eigenvalue weighted by Crippen LogP contribution is -2.34. The Morgan fingerprint density at radius 1 is 1.10 bits per heavy atom. The first-order valence-corrected chi connectivity index (χ1v) is 10.4. The van der Waals surface area contributed by atoms with Crippen LogP contribution in [0.2, 0.25) is 5.28 Å². The van der Waals surface area contributed by atoms with Gasteiger partial charge in [0.15, 0.2) is 0 Å². The summed E-state index contributed by atoms with van der Waals surface area (Å²) in [5, 5.41) is 4.82. The van der Waals surface area contributed by atoms with Gasteiger partial charge in [-0.1, -0.05) is 62.4 Å². The summed E-state index contributed by atoms with van der Waals surface area (Å²) in [5.41, 5.74) is 4.01. The van der Waals surface area contributed by atoms with Crippen molar-refractivity contribution in [3.8, 4) is 11.1 Å². The summed E-state index contributed by atoms with van der Waals surface area (Å²) < 4.78 is 0. The molecule has 1 unspecified atom stereocenters. The maximum atomic E-state index is 6.28. The van der Waals surface area contributed by atoms with E-state index in [4.69, 9.17) is 16.6 Å². The van der Waals surface area contributed by atoms with Crippen LogP contribution in [-0.4, -0.2) is 28.3 Å². The number of nitrogens with zero attached hydrogens (tertiary/aromatic N) is 3. The summed E-state index contributed by atoms with van der Waals surface area (Å²) in [6.45, 7) is 9.13. The van der Waals surface area contributed by atoms with E-state index in [2.05, 4.69) is 53.4 Å². The Bertz CT molecular complexity index is 1030. The maximum Gasteiger partial charge on any atom is 0.224 e. The van der Waals surface area contributed by atoms with Gasteiger partial charge in [0.1, 0.15) is 5.82 Å². The highest BCUT2D eigenvalue weighted by Gasteiger charge is 2.21. The Kier molecular flexibility index (Phi) is 6.99. The molecule has 0 radical (unpaired) electrons. The van der Waals surface area contributed by atoms with Crippen LogP contribution in [0.25, 0.3) is 22.0 Å². The summed E-state index contributed by atoms with van der Waals surface area (Å²) in [4.78, 5) is 13.7.